The van der Waals surface area contributed by atoms with E-state index in [1.807, 2.05) is 0 Å². The summed E-state index contributed by atoms with van der Waals surface area (Å²) >= 11 is 1.76. The van der Waals surface area contributed by atoms with Gasteiger partial charge in [-0.15, -0.1) is 0 Å². The van der Waals surface area contributed by atoms with E-state index in [-0.39, 0.29) is 6.61 Å². The van der Waals surface area contributed by atoms with Gasteiger partial charge >= 0.3 is 0 Å². The van der Waals surface area contributed by atoms with Gasteiger partial charge in [-0.2, -0.15) is 11.3 Å². The van der Waals surface area contributed by atoms with Gasteiger partial charge in [-0.3, -0.25) is 0 Å². The Labute approximate surface area is 83.6 Å². The highest BCUT2D eigenvalue weighted by Crippen LogP contribution is 2.07. The molecule has 3 heteroatoms. The zero-order valence-electron chi connectivity index (χ0n) is 7.83. The molecule has 0 radical (unpaired) electrons. The van der Waals surface area contributed by atoms with Gasteiger partial charge in [0.15, 0.2) is 0 Å². The van der Waals surface area contributed by atoms with Crippen LogP contribution in [0.1, 0.15) is 18.4 Å². The van der Waals surface area contributed by atoms with Gasteiger partial charge in [-0.1, -0.05) is 0 Å². The molecule has 0 saturated carbocycles. The minimum atomic E-state index is 0.289. The predicted molar refractivity (Wildman–Crippen MR) is 57.2 cm³/mol. The molecule has 1 heterocycles. The van der Waals surface area contributed by atoms with Crippen molar-refractivity contribution in [1.82, 2.24) is 5.32 Å². The fourth-order valence-corrected chi connectivity index (χ4v) is 1.88. The Morgan fingerprint density at radius 3 is 2.85 bits per heavy atom. The highest BCUT2D eigenvalue weighted by molar-refractivity contribution is 7.07. The molecule has 0 fully saturated rings. The monoisotopic (exact) mass is 199 g/mol. The van der Waals surface area contributed by atoms with Crippen LogP contribution in [0.15, 0.2) is 16.8 Å². The Morgan fingerprint density at radius 1 is 1.31 bits per heavy atom. The summed E-state index contributed by atoms with van der Waals surface area (Å²) in [5.74, 6) is 0. The van der Waals surface area contributed by atoms with Crippen molar-refractivity contribution in [2.75, 3.05) is 19.7 Å². The molecular weight excluding hydrogens is 182 g/mol. The average molecular weight is 199 g/mol. The first-order valence-electron chi connectivity index (χ1n) is 4.76. The summed E-state index contributed by atoms with van der Waals surface area (Å²) in [5, 5.41) is 16.1. The smallest absolute Gasteiger partial charge is 0.0443 e. The molecule has 0 spiro atoms. The van der Waals surface area contributed by atoms with Crippen LogP contribution in [-0.2, 0) is 6.42 Å². The Morgan fingerprint density at radius 2 is 2.15 bits per heavy atom. The van der Waals surface area contributed by atoms with Gasteiger partial charge in [0, 0.05) is 6.61 Å². The van der Waals surface area contributed by atoms with E-state index in [0.717, 1.165) is 25.9 Å². The maximum atomic E-state index is 8.53. The van der Waals surface area contributed by atoms with Crippen molar-refractivity contribution in [3.63, 3.8) is 0 Å². The Hall–Kier alpha value is -0.380. The molecule has 13 heavy (non-hydrogen) atoms. The normalized spacial score (nSPS) is 10.5. The summed E-state index contributed by atoms with van der Waals surface area (Å²) in [4.78, 5) is 0. The predicted octanol–water partition coefficient (Wildman–Crippen LogP) is 1.65. The molecule has 2 nitrogen and oxygen atoms in total. The highest BCUT2D eigenvalue weighted by atomic mass is 32.1. The van der Waals surface area contributed by atoms with Gasteiger partial charge in [0.2, 0.25) is 0 Å². The number of hydrogen-bond donors (Lipinski definition) is 2. The molecule has 0 aliphatic heterocycles. The molecule has 1 aromatic heterocycles. The lowest BCUT2D eigenvalue weighted by Gasteiger charge is -2.01. The van der Waals surface area contributed by atoms with Gasteiger partial charge in [0.25, 0.3) is 0 Å². The van der Waals surface area contributed by atoms with Crippen LogP contribution in [0, 0.1) is 0 Å². The minimum absolute atomic E-state index is 0.289. The standard InChI is InChI=1S/C10H17NOS/c12-7-2-6-11-5-1-3-10-4-8-13-9-10/h4,8-9,11-12H,1-3,5-7H2. The Bertz CT molecular complexity index is 199. The van der Waals surface area contributed by atoms with Crippen LogP contribution in [0.4, 0.5) is 0 Å². The third-order valence-corrected chi connectivity index (χ3v) is 2.64. The van der Waals surface area contributed by atoms with Gasteiger partial charge in [0.05, 0.1) is 0 Å². The maximum Gasteiger partial charge on any atom is 0.0443 e. The number of hydrogen-bond acceptors (Lipinski definition) is 3. The first-order chi connectivity index (χ1) is 6.43. The first kappa shape index (κ1) is 10.7. The second-order valence-electron chi connectivity index (χ2n) is 3.06. The van der Waals surface area contributed by atoms with Crippen LogP contribution in [0.2, 0.25) is 0 Å². The van der Waals surface area contributed by atoms with E-state index in [9.17, 15) is 0 Å². The third-order valence-electron chi connectivity index (χ3n) is 1.91. The quantitative estimate of drug-likeness (QED) is 0.654. The number of rotatable bonds is 7. The van der Waals surface area contributed by atoms with Crippen LogP contribution >= 0.6 is 11.3 Å². The lowest BCUT2D eigenvalue weighted by atomic mass is 10.2. The summed E-state index contributed by atoms with van der Waals surface area (Å²) in [6.45, 7) is 2.27. The molecule has 0 saturated heterocycles. The molecule has 0 unspecified atom stereocenters. The summed E-state index contributed by atoms with van der Waals surface area (Å²) < 4.78 is 0. The van der Waals surface area contributed by atoms with Crippen molar-refractivity contribution in [1.29, 1.82) is 0 Å². The molecule has 0 atom stereocenters. The van der Waals surface area contributed by atoms with Crippen molar-refractivity contribution >= 4 is 11.3 Å². The van der Waals surface area contributed by atoms with Crippen LogP contribution < -0.4 is 5.32 Å². The van der Waals surface area contributed by atoms with E-state index in [2.05, 4.69) is 22.1 Å². The van der Waals surface area contributed by atoms with E-state index in [4.69, 9.17) is 5.11 Å². The molecule has 2 N–H and O–H groups in total. The van der Waals surface area contributed by atoms with Crippen molar-refractivity contribution in [3.8, 4) is 0 Å². The van der Waals surface area contributed by atoms with Crippen LogP contribution in [0.5, 0.6) is 0 Å². The van der Waals surface area contributed by atoms with Crippen LogP contribution in [0.3, 0.4) is 0 Å². The van der Waals surface area contributed by atoms with E-state index >= 15 is 0 Å². The Balaban J connectivity index is 1.90. The largest absolute Gasteiger partial charge is 0.396 e. The van der Waals surface area contributed by atoms with E-state index in [1.54, 1.807) is 11.3 Å². The molecule has 0 aliphatic carbocycles. The van der Waals surface area contributed by atoms with E-state index < -0.39 is 0 Å². The molecule has 0 bridgehead atoms. The van der Waals surface area contributed by atoms with Crippen molar-refractivity contribution in [2.45, 2.75) is 19.3 Å². The van der Waals surface area contributed by atoms with Crippen LogP contribution in [0.25, 0.3) is 0 Å². The number of aliphatic hydroxyl groups excluding tert-OH is 1. The van der Waals surface area contributed by atoms with Gasteiger partial charge in [-0.25, -0.2) is 0 Å². The van der Waals surface area contributed by atoms with Gasteiger partial charge in [0.1, 0.15) is 0 Å². The summed E-state index contributed by atoms with van der Waals surface area (Å²) in [6.07, 6.45) is 3.20. The minimum Gasteiger partial charge on any atom is -0.396 e. The van der Waals surface area contributed by atoms with Crippen molar-refractivity contribution in [3.05, 3.63) is 22.4 Å². The maximum absolute atomic E-state index is 8.53. The molecule has 1 aromatic rings. The summed E-state index contributed by atoms with van der Waals surface area (Å²) in [5.41, 5.74) is 1.44. The molecule has 74 valence electrons. The molecule has 0 aliphatic rings. The summed E-state index contributed by atoms with van der Waals surface area (Å²) in [6, 6.07) is 2.18. The lowest BCUT2D eigenvalue weighted by Crippen LogP contribution is -2.17. The second kappa shape index (κ2) is 7.06. The fraction of sp³-hybridized carbons (Fsp3) is 0.600. The summed E-state index contributed by atoms with van der Waals surface area (Å²) in [7, 11) is 0. The average Bonchev–Trinajstić information content (AvgIpc) is 2.63. The Kier molecular flexibility index (Phi) is 5.81. The number of aryl methyl sites for hydroxylation is 1. The molecular formula is C10H17NOS. The fourth-order valence-electron chi connectivity index (χ4n) is 1.18. The van der Waals surface area contributed by atoms with Crippen LogP contribution in [-0.4, -0.2) is 24.8 Å². The number of thiophene rings is 1. The van der Waals surface area contributed by atoms with Crippen molar-refractivity contribution < 1.29 is 5.11 Å². The van der Waals surface area contributed by atoms with Crippen molar-refractivity contribution in [2.24, 2.45) is 0 Å². The highest BCUT2D eigenvalue weighted by Gasteiger charge is 1.92. The molecule has 1 rings (SSSR count). The number of nitrogens with one attached hydrogen (secondary N) is 1. The van der Waals surface area contributed by atoms with Gasteiger partial charge < -0.3 is 10.4 Å². The lowest BCUT2D eigenvalue weighted by molar-refractivity contribution is 0.286. The zero-order chi connectivity index (χ0) is 9.36. The number of aliphatic hydroxyl groups is 1. The SMILES string of the molecule is OCCCNCCCc1ccsc1. The second-order valence-corrected chi connectivity index (χ2v) is 3.84. The van der Waals surface area contributed by atoms with Gasteiger partial charge in [-0.05, 0) is 54.7 Å². The van der Waals surface area contributed by atoms with E-state index in [1.165, 1.54) is 12.0 Å². The third kappa shape index (κ3) is 5.03. The van der Waals surface area contributed by atoms with E-state index in [0.29, 0.717) is 0 Å². The zero-order valence-corrected chi connectivity index (χ0v) is 8.65. The molecule has 0 aromatic carbocycles. The topological polar surface area (TPSA) is 32.3 Å². The molecule has 0 amide bonds. The first-order valence-corrected chi connectivity index (χ1v) is 5.70.